The lowest BCUT2D eigenvalue weighted by Gasteiger charge is -2.46. The molecule has 8 heteroatoms. The Hall–Kier alpha value is -6.51. The summed E-state index contributed by atoms with van der Waals surface area (Å²) in [5.41, 5.74) is 16.4. The minimum absolute atomic E-state index is 0.155. The summed E-state index contributed by atoms with van der Waals surface area (Å²) in [6.45, 7) is 0.313. The van der Waals surface area contributed by atoms with E-state index in [1.54, 1.807) is 12.1 Å². The zero-order valence-electron chi connectivity index (χ0n) is 27.5. The first-order valence-corrected chi connectivity index (χ1v) is 16.5. The summed E-state index contributed by atoms with van der Waals surface area (Å²) in [6.07, 6.45) is 0. The Balaban J connectivity index is 1.23. The van der Waals surface area contributed by atoms with E-state index in [9.17, 15) is 4.79 Å². The van der Waals surface area contributed by atoms with Crippen LogP contribution in [0, 0.1) is 0 Å². The normalized spacial score (nSPS) is 13.3. The van der Waals surface area contributed by atoms with Gasteiger partial charge in [-0.25, -0.2) is 15.5 Å². The van der Waals surface area contributed by atoms with Crippen molar-refractivity contribution in [2.75, 3.05) is 12.8 Å². The van der Waals surface area contributed by atoms with Gasteiger partial charge in [-0.2, -0.15) is 0 Å². The van der Waals surface area contributed by atoms with Gasteiger partial charge in [0.2, 0.25) is 5.95 Å². The molecule has 50 heavy (non-hydrogen) atoms. The van der Waals surface area contributed by atoms with Crippen molar-refractivity contribution in [1.29, 1.82) is 0 Å². The van der Waals surface area contributed by atoms with Crippen molar-refractivity contribution >= 4 is 22.7 Å². The molecule has 0 bridgehead atoms. The molecule has 0 atom stereocenters. The Labute approximate surface area is 290 Å². The van der Waals surface area contributed by atoms with Crippen molar-refractivity contribution in [1.82, 2.24) is 25.2 Å². The predicted molar refractivity (Wildman–Crippen MR) is 200 cm³/mol. The van der Waals surface area contributed by atoms with Crippen LogP contribution in [-0.2, 0) is 12.1 Å². The van der Waals surface area contributed by atoms with Crippen molar-refractivity contribution < 1.29 is 0 Å². The summed E-state index contributed by atoms with van der Waals surface area (Å²) in [4.78, 5) is 17.8. The van der Waals surface area contributed by atoms with Gasteiger partial charge in [0.1, 0.15) is 5.54 Å². The number of anilines is 1. The lowest BCUT2D eigenvalue weighted by atomic mass is 9.76. The van der Waals surface area contributed by atoms with Crippen LogP contribution in [0.25, 0.3) is 22.0 Å². The highest BCUT2D eigenvalue weighted by atomic mass is 16.1. The van der Waals surface area contributed by atoms with E-state index in [0.717, 1.165) is 44.8 Å². The van der Waals surface area contributed by atoms with Crippen LogP contribution < -0.4 is 16.8 Å². The standard InChI is InChI=1S/C42H35N7O/c1-47-46-45-39(49(47)42(32-15-5-2-6-16-32,33-17-7-3-8-18-33)34-19-9-4-10-20-34)36-22-12-11-21-35(36)31-27-25-30(26-28-31)29-48-40(50)37-23-13-14-24-38(37)44-41(48)43/h2-28,46H,29H2,1H3,(H2,43,44). The maximum absolute atomic E-state index is 13.3. The Morgan fingerprint density at radius 1 is 0.640 bits per heavy atom. The quantitative estimate of drug-likeness (QED) is 0.172. The molecule has 244 valence electrons. The Bertz CT molecular complexity index is 2280. The Morgan fingerprint density at radius 3 is 1.76 bits per heavy atom. The summed E-state index contributed by atoms with van der Waals surface area (Å²) in [6, 6.07) is 55.6. The molecule has 0 fully saturated rings. The highest BCUT2D eigenvalue weighted by molar-refractivity contribution is 6.05. The molecule has 7 aromatic rings. The third-order valence-corrected chi connectivity index (χ3v) is 9.36. The number of hydrazine groups is 2. The van der Waals surface area contributed by atoms with Crippen molar-refractivity contribution in [3.05, 3.63) is 202 Å². The highest BCUT2D eigenvalue weighted by Gasteiger charge is 2.48. The number of hydrogen-bond acceptors (Lipinski definition) is 7. The van der Waals surface area contributed by atoms with Crippen molar-refractivity contribution in [2.24, 2.45) is 5.10 Å². The van der Waals surface area contributed by atoms with Crippen molar-refractivity contribution in [3.8, 4) is 11.1 Å². The van der Waals surface area contributed by atoms with Gasteiger partial charge in [0.25, 0.3) is 5.56 Å². The minimum atomic E-state index is -0.779. The van der Waals surface area contributed by atoms with E-state index in [2.05, 4.69) is 113 Å². The molecule has 0 amide bonds. The van der Waals surface area contributed by atoms with E-state index in [0.29, 0.717) is 17.4 Å². The smallest absolute Gasteiger partial charge is 0.263 e. The fourth-order valence-corrected chi connectivity index (χ4v) is 7.06. The molecule has 0 radical (unpaired) electrons. The largest absolute Gasteiger partial charge is 0.369 e. The van der Waals surface area contributed by atoms with Crippen LogP contribution in [-0.4, -0.2) is 32.6 Å². The summed E-state index contributed by atoms with van der Waals surface area (Å²) >= 11 is 0. The van der Waals surface area contributed by atoms with E-state index in [-0.39, 0.29) is 11.5 Å². The van der Waals surface area contributed by atoms with E-state index in [1.807, 2.05) is 66.8 Å². The second kappa shape index (κ2) is 12.8. The molecule has 3 N–H and O–H groups in total. The number of hydrazone groups is 1. The number of hydrogen-bond donors (Lipinski definition) is 2. The van der Waals surface area contributed by atoms with Gasteiger partial charge in [0.15, 0.2) is 5.84 Å². The third-order valence-electron chi connectivity index (χ3n) is 9.36. The van der Waals surface area contributed by atoms with Gasteiger partial charge in [-0.15, -0.1) is 10.2 Å². The molecule has 0 unspecified atom stereocenters. The van der Waals surface area contributed by atoms with Crippen molar-refractivity contribution in [2.45, 2.75) is 12.1 Å². The number of nitrogen functional groups attached to an aromatic ring is 1. The maximum atomic E-state index is 13.3. The van der Waals surface area contributed by atoms with Crippen LogP contribution >= 0.6 is 0 Å². The molecule has 8 rings (SSSR count). The summed E-state index contributed by atoms with van der Waals surface area (Å²) in [5.74, 6) is 0.961. The molecule has 2 heterocycles. The van der Waals surface area contributed by atoms with Gasteiger partial charge in [-0.05, 0) is 45.5 Å². The first kappa shape index (κ1) is 30.8. The van der Waals surface area contributed by atoms with Gasteiger partial charge in [0.05, 0.1) is 17.4 Å². The summed E-state index contributed by atoms with van der Waals surface area (Å²) < 4.78 is 1.52. The van der Waals surface area contributed by atoms with Gasteiger partial charge in [-0.3, -0.25) is 9.36 Å². The first-order chi connectivity index (χ1) is 24.6. The number of amidine groups is 1. The fourth-order valence-electron chi connectivity index (χ4n) is 7.06. The first-order valence-electron chi connectivity index (χ1n) is 16.5. The number of para-hydroxylation sites is 1. The second-order valence-corrected chi connectivity index (χ2v) is 12.3. The lowest BCUT2D eigenvalue weighted by molar-refractivity contribution is -0.0109. The number of nitrogens with zero attached hydrogens (tertiary/aromatic N) is 5. The third kappa shape index (κ3) is 5.19. The molecular weight excluding hydrogens is 619 g/mol. The Morgan fingerprint density at radius 2 is 1.16 bits per heavy atom. The van der Waals surface area contributed by atoms with Gasteiger partial charge >= 0.3 is 0 Å². The molecule has 0 spiro atoms. The van der Waals surface area contributed by atoms with Gasteiger partial charge < -0.3 is 5.73 Å². The highest BCUT2D eigenvalue weighted by Crippen LogP contribution is 2.45. The predicted octanol–water partition coefficient (Wildman–Crippen LogP) is 7.01. The number of aromatic nitrogens is 2. The van der Waals surface area contributed by atoms with E-state index < -0.39 is 5.54 Å². The number of nitrogens with one attached hydrogen (secondary N) is 1. The molecule has 6 aromatic carbocycles. The number of nitrogens with two attached hydrogens (primary N) is 1. The average molecular weight is 654 g/mol. The van der Waals surface area contributed by atoms with Crippen LogP contribution in [0.15, 0.2) is 174 Å². The molecule has 0 aliphatic carbocycles. The van der Waals surface area contributed by atoms with E-state index in [4.69, 9.17) is 10.8 Å². The van der Waals surface area contributed by atoms with Crippen LogP contribution in [0.2, 0.25) is 0 Å². The average Bonchev–Trinajstić information content (AvgIpc) is 3.56. The van der Waals surface area contributed by atoms with E-state index in [1.165, 1.54) is 4.57 Å². The number of benzene rings is 6. The number of fused-ring (bicyclic) bond motifs is 1. The second-order valence-electron chi connectivity index (χ2n) is 12.3. The minimum Gasteiger partial charge on any atom is -0.369 e. The monoisotopic (exact) mass is 653 g/mol. The van der Waals surface area contributed by atoms with Crippen LogP contribution in [0.3, 0.4) is 0 Å². The molecule has 0 saturated heterocycles. The maximum Gasteiger partial charge on any atom is 0.263 e. The van der Waals surface area contributed by atoms with Crippen LogP contribution in [0.1, 0.15) is 27.8 Å². The van der Waals surface area contributed by atoms with Crippen LogP contribution in [0.4, 0.5) is 5.95 Å². The Kier molecular flexibility index (Phi) is 7.91. The summed E-state index contributed by atoms with van der Waals surface area (Å²) in [7, 11) is 1.99. The van der Waals surface area contributed by atoms with Gasteiger partial charge in [0, 0.05) is 12.6 Å². The zero-order chi connectivity index (χ0) is 34.1. The molecule has 1 aliphatic heterocycles. The molecule has 1 aliphatic rings. The number of rotatable bonds is 8. The molecule has 8 nitrogen and oxygen atoms in total. The van der Waals surface area contributed by atoms with Crippen LogP contribution in [0.5, 0.6) is 0 Å². The molecule has 1 aromatic heterocycles. The fraction of sp³-hybridized carbons (Fsp3) is 0.0714. The van der Waals surface area contributed by atoms with Crippen molar-refractivity contribution in [3.63, 3.8) is 0 Å². The zero-order valence-corrected chi connectivity index (χ0v) is 27.5. The van der Waals surface area contributed by atoms with Gasteiger partial charge in [-0.1, -0.05) is 152 Å². The van der Waals surface area contributed by atoms with E-state index >= 15 is 0 Å². The molecule has 0 saturated carbocycles. The lowest BCUT2D eigenvalue weighted by Crippen LogP contribution is -2.57. The molecular formula is C42H35N7O. The summed E-state index contributed by atoms with van der Waals surface area (Å²) in [5, 5.41) is 9.73. The SMILES string of the molecule is CN1NN=C(c2ccccc2-c2ccc(Cn3c(N)nc4ccccc4c3=O)cc2)N1C(c1ccccc1)(c1ccccc1)c1ccccc1. The topological polar surface area (TPSA) is 91.8 Å².